The molecule has 2 aromatic carbocycles. The van der Waals surface area contributed by atoms with Crippen LogP contribution in [-0.4, -0.2) is 18.2 Å². The number of rotatable bonds is 8. The summed E-state index contributed by atoms with van der Waals surface area (Å²) in [6, 6.07) is 18.8. The largest absolute Gasteiger partial charge is 0.456 e. The Morgan fingerprint density at radius 2 is 1.81 bits per heavy atom. The van der Waals surface area contributed by atoms with E-state index < -0.39 is 6.29 Å². The van der Waals surface area contributed by atoms with Gasteiger partial charge in [0.05, 0.1) is 5.56 Å². The molecule has 0 radical (unpaired) electrons. The molecule has 0 atom stereocenters. The van der Waals surface area contributed by atoms with Crippen molar-refractivity contribution in [3.05, 3.63) is 78.3 Å². The molecule has 0 spiro atoms. The highest BCUT2D eigenvalue weighted by molar-refractivity contribution is 5.92. The minimum absolute atomic E-state index is 0.477. The van der Waals surface area contributed by atoms with E-state index in [1.807, 2.05) is 50.2 Å². The van der Waals surface area contributed by atoms with Crippen molar-refractivity contribution in [2.24, 2.45) is 0 Å². The number of hydrogen-bond acceptors (Lipinski definition) is 6. The number of aromatic nitrogens is 1. The lowest BCUT2D eigenvalue weighted by atomic mass is 10.1. The maximum absolute atomic E-state index is 9.30. The van der Waals surface area contributed by atoms with Crippen LogP contribution in [0.2, 0.25) is 0 Å². The van der Waals surface area contributed by atoms with Crippen molar-refractivity contribution in [3.8, 4) is 28.7 Å². The second-order valence-electron chi connectivity index (χ2n) is 6.73. The lowest BCUT2D eigenvalue weighted by molar-refractivity contribution is -0.150. The predicted octanol–water partition coefficient (Wildman–Crippen LogP) is 6.23. The third-order valence-electron chi connectivity index (χ3n) is 4.69. The van der Waals surface area contributed by atoms with E-state index in [1.165, 1.54) is 0 Å². The summed E-state index contributed by atoms with van der Waals surface area (Å²) in [5.41, 5.74) is 2.89. The Bertz CT molecular complexity index is 1220. The zero-order valence-electron chi connectivity index (χ0n) is 17.4. The molecule has 0 unspecified atom stereocenters. The summed E-state index contributed by atoms with van der Waals surface area (Å²) in [4.78, 5) is 4.37. The fraction of sp³-hybridized carbons (Fsp3) is 0.200. The van der Waals surface area contributed by atoms with Gasteiger partial charge in [-0.3, -0.25) is 4.98 Å². The van der Waals surface area contributed by atoms with E-state index in [4.69, 9.17) is 18.6 Å². The Morgan fingerprint density at radius 3 is 2.58 bits per heavy atom. The van der Waals surface area contributed by atoms with Crippen molar-refractivity contribution in [3.63, 3.8) is 0 Å². The summed E-state index contributed by atoms with van der Waals surface area (Å²) in [6.07, 6.45) is 2.95. The van der Waals surface area contributed by atoms with Gasteiger partial charge in [-0.05, 0) is 49.7 Å². The molecule has 0 fully saturated rings. The number of nitriles is 1. The zero-order chi connectivity index (χ0) is 21.6. The second-order valence-corrected chi connectivity index (χ2v) is 6.73. The first-order chi connectivity index (χ1) is 15.2. The van der Waals surface area contributed by atoms with Crippen molar-refractivity contribution in [2.75, 3.05) is 13.2 Å². The molecule has 0 saturated heterocycles. The van der Waals surface area contributed by atoms with E-state index in [1.54, 1.807) is 30.6 Å². The van der Waals surface area contributed by atoms with Crippen LogP contribution in [0.3, 0.4) is 0 Å². The lowest BCUT2D eigenvalue weighted by Crippen LogP contribution is -2.07. The molecule has 6 heteroatoms. The van der Waals surface area contributed by atoms with Crippen LogP contribution in [0.5, 0.6) is 11.5 Å². The van der Waals surface area contributed by atoms with Crippen molar-refractivity contribution in [2.45, 2.75) is 20.1 Å². The maximum Gasteiger partial charge on any atom is 0.217 e. The van der Waals surface area contributed by atoms with Gasteiger partial charge in [0.15, 0.2) is 5.76 Å². The van der Waals surface area contributed by atoms with Gasteiger partial charge in [0.25, 0.3) is 0 Å². The Morgan fingerprint density at radius 1 is 1.00 bits per heavy atom. The van der Waals surface area contributed by atoms with Gasteiger partial charge in [-0.15, -0.1) is 0 Å². The van der Waals surface area contributed by atoms with E-state index in [-0.39, 0.29) is 0 Å². The third kappa shape index (κ3) is 4.43. The Hall–Kier alpha value is -3.66. The summed E-state index contributed by atoms with van der Waals surface area (Å²) in [5.74, 6) is 1.73. The predicted molar refractivity (Wildman–Crippen MR) is 117 cm³/mol. The number of benzene rings is 2. The van der Waals surface area contributed by atoms with Crippen LogP contribution < -0.4 is 4.74 Å². The number of pyridine rings is 1. The van der Waals surface area contributed by atoms with Crippen LogP contribution in [0.15, 0.2) is 71.4 Å². The highest BCUT2D eigenvalue weighted by Gasteiger charge is 2.19. The summed E-state index contributed by atoms with van der Waals surface area (Å²) in [7, 11) is 0. The van der Waals surface area contributed by atoms with Crippen LogP contribution in [0.4, 0.5) is 0 Å². The Balaban J connectivity index is 1.70. The molecule has 4 aromatic rings. The number of ether oxygens (including phenoxy) is 3. The molecule has 156 valence electrons. The molecule has 0 aliphatic heterocycles. The lowest BCUT2D eigenvalue weighted by Gasteiger charge is -2.13. The first kappa shape index (κ1) is 20.6. The number of nitrogens with zero attached hydrogens (tertiary/aromatic N) is 2. The number of hydrogen-bond donors (Lipinski definition) is 0. The van der Waals surface area contributed by atoms with E-state index in [0.29, 0.717) is 41.6 Å². The van der Waals surface area contributed by atoms with E-state index in [9.17, 15) is 5.26 Å². The van der Waals surface area contributed by atoms with E-state index in [2.05, 4.69) is 11.1 Å². The second kappa shape index (κ2) is 9.43. The number of fused-ring (bicyclic) bond motifs is 1. The van der Waals surface area contributed by atoms with Gasteiger partial charge in [-0.1, -0.05) is 24.3 Å². The Labute approximate surface area is 180 Å². The molecular formula is C25H22N2O4. The summed E-state index contributed by atoms with van der Waals surface area (Å²) >= 11 is 0. The van der Waals surface area contributed by atoms with Gasteiger partial charge in [0.1, 0.15) is 23.2 Å². The fourth-order valence-corrected chi connectivity index (χ4v) is 3.32. The first-order valence-electron chi connectivity index (χ1n) is 10.1. The van der Waals surface area contributed by atoms with Gasteiger partial charge in [-0.2, -0.15) is 5.26 Å². The van der Waals surface area contributed by atoms with E-state index in [0.717, 1.165) is 16.5 Å². The molecule has 0 amide bonds. The highest BCUT2D eigenvalue weighted by atomic mass is 16.7. The van der Waals surface area contributed by atoms with Gasteiger partial charge in [-0.25, -0.2) is 0 Å². The normalized spacial score (nSPS) is 11.0. The zero-order valence-corrected chi connectivity index (χ0v) is 17.4. The SMILES string of the molecule is CCOC(OCC)c1cc2cncc(-c3cccc(Oc4ccccc4C#N)c3)c2o1. The quantitative estimate of drug-likeness (QED) is 0.318. The van der Waals surface area contributed by atoms with Crippen LogP contribution in [0.1, 0.15) is 31.5 Å². The maximum atomic E-state index is 9.30. The molecule has 31 heavy (non-hydrogen) atoms. The monoisotopic (exact) mass is 414 g/mol. The van der Waals surface area contributed by atoms with Crippen LogP contribution in [0, 0.1) is 11.3 Å². The van der Waals surface area contributed by atoms with Gasteiger partial charge >= 0.3 is 0 Å². The third-order valence-corrected chi connectivity index (χ3v) is 4.69. The molecule has 0 aliphatic carbocycles. The van der Waals surface area contributed by atoms with Crippen LogP contribution in [-0.2, 0) is 9.47 Å². The standard InChI is InChI=1S/C25H22N2O4/c1-3-28-25(29-4-2)23-13-19-15-27-16-21(24(19)31-23)17-9-7-10-20(12-17)30-22-11-6-5-8-18(22)14-26/h5-13,15-16,25H,3-4H2,1-2H3. The summed E-state index contributed by atoms with van der Waals surface area (Å²) in [6.45, 7) is 4.85. The highest BCUT2D eigenvalue weighted by Crippen LogP contribution is 2.35. The number of furan rings is 1. The first-order valence-corrected chi connectivity index (χ1v) is 10.1. The van der Waals surface area contributed by atoms with Gasteiger partial charge in [0, 0.05) is 36.6 Å². The molecular weight excluding hydrogens is 392 g/mol. The molecule has 6 nitrogen and oxygen atoms in total. The molecule has 0 aliphatic rings. The molecule has 0 N–H and O–H groups in total. The van der Waals surface area contributed by atoms with Crippen molar-refractivity contribution < 1.29 is 18.6 Å². The minimum atomic E-state index is -0.563. The average Bonchev–Trinajstić information content (AvgIpc) is 3.24. The molecule has 2 heterocycles. The van der Waals surface area contributed by atoms with Gasteiger partial charge < -0.3 is 18.6 Å². The molecule has 0 saturated carbocycles. The van der Waals surface area contributed by atoms with E-state index >= 15 is 0 Å². The average molecular weight is 414 g/mol. The molecule has 2 aromatic heterocycles. The summed E-state index contributed by atoms with van der Waals surface area (Å²) in [5, 5.41) is 10.2. The van der Waals surface area contributed by atoms with Gasteiger partial charge in [0.2, 0.25) is 6.29 Å². The topological polar surface area (TPSA) is 77.5 Å². The van der Waals surface area contributed by atoms with Crippen LogP contribution >= 0.6 is 0 Å². The fourth-order valence-electron chi connectivity index (χ4n) is 3.32. The van der Waals surface area contributed by atoms with Crippen molar-refractivity contribution >= 4 is 11.0 Å². The summed E-state index contributed by atoms with van der Waals surface area (Å²) < 4.78 is 23.4. The Kier molecular flexibility index (Phi) is 6.27. The molecule has 4 rings (SSSR count). The van der Waals surface area contributed by atoms with Crippen LogP contribution in [0.25, 0.3) is 22.1 Å². The van der Waals surface area contributed by atoms with Crippen molar-refractivity contribution in [1.82, 2.24) is 4.98 Å². The molecule has 0 bridgehead atoms. The van der Waals surface area contributed by atoms with Crippen molar-refractivity contribution in [1.29, 1.82) is 5.26 Å². The number of para-hydroxylation sites is 1. The smallest absolute Gasteiger partial charge is 0.217 e. The minimum Gasteiger partial charge on any atom is -0.456 e.